The van der Waals surface area contributed by atoms with Crippen molar-refractivity contribution >= 4 is 17.5 Å². The number of nitrogens with zero attached hydrogens (tertiary/aromatic N) is 4. The normalized spacial score (nSPS) is 16.0. The van der Waals surface area contributed by atoms with E-state index in [1.54, 1.807) is 12.1 Å². The van der Waals surface area contributed by atoms with E-state index in [1.807, 2.05) is 6.07 Å². The number of aromatic nitrogens is 3. The summed E-state index contributed by atoms with van der Waals surface area (Å²) in [5.74, 6) is -0.862. The number of aromatic amines is 1. The number of nitrogens with one attached hydrogen (secondary N) is 1. The lowest BCUT2D eigenvalue weighted by Crippen LogP contribution is -2.39. The molecule has 1 unspecified atom stereocenters. The summed E-state index contributed by atoms with van der Waals surface area (Å²) >= 11 is 0. The molecule has 0 saturated carbocycles. The van der Waals surface area contributed by atoms with Crippen molar-refractivity contribution in [3.8, 4) is 6.07 Å². The number of nitrogens with two attached hydrogens (primary N) is 1. The molecule has 0 aliphatic carbocycles. The zero-order chi connectivity index (χ0) is 23.2. The van der Waals surface area contributed by atoms with E-state index in [4.69, 9.17) is 11.0 Å². The number of carbonyl (C=O) groups is 1. The van der Waals surface area contributed by atoms with Crippen molar-refractivity contribution in [1.82, 2.24) is 14.8 Å². The van der Waals surface area contributed by atoms with Gasteiger partial charge < -0.3 is 5.73 Å². The van der Waals surface area contributed by atoms with Crippen molar-refractivity contribution in [2.24, 2.45) is 5.73 Å². The Balaban J connectivity index is 1.98. The van der Waals surface area contributed by atoms with Crippen molar-refractivity contribution in [3.63, 3.8) is 0 Å². The predicted octanol–water partition coefficient (Wildman–Crippen LogP) is 2.96. The molecule has 162 valence electrons. The van der Waals surface area contributed by atoms with Gasteiger partial charge in [-0.25, -0.2) is 14.5 Å². The summed E-state index contributed by atoms with van der Waals surface area (Å²) in [6.07, 6.45) is -4.59. The number of rotatable bonds is 3. The number of allylic oxidation sites excluding steroid dienone is 1. The number of nitriles is 1. The van der Waals surface area contributed by atoms with Crippen LogP contribution in [0.3, 0.4) is 0 Å². The van der Waals surface area contributed by atoms with Crippen LogP contribution in [-0.2, 0) is 11.0 Å². The van der Waals surface area contributed by atoms with Crippen molar-refractivity contribution in [2.45, 2.75) is 19.1 Å². The maximum atomic E-state index is 13.3. The van der Waals surface area contributed by atoms with Gasteiger partial charge >= 0.3 is 11.9 Å². The van der Waals surface area contributed by atoms with Crippen LogP contribution in [0, 0.1) is 11.3 Å². The van der Waals surface area contributed by atoms with E-state index in [1.165, 1.54) is 36.1 Å². The van der Waals surface area contributed by atoms with Gasteiger partial charge in [-0.1, -0.05) is 18.2 Å². The molecule has 1 amide bonds. The Hall–Kier alpha value is -4.33. The number of fused-ring (bicyclic) bond motifs is 1. The first-order chi connectivity index (χ1) is 15.1. The molecule has 3 N–H and O–H groups in total. The molecule has 3 aromatic rings. The van der Waals surface area contributed by atoms with E-state index in [-0.39, 0.29) is 22.9 Å². The summed E-state index contributed by atoms with van der Waals surface area (Å²) in [4.78, 5) is 26.4. The minimum Gasteiger partial charge on any atom is -0.366 e. The van der Waals surface area contributed by atoms with Crippen LogP contribution in [0.2, 0.25) is 0 Å². The molecule has 8 nitrogen and oxygen atoms in total. The number of hydrogen-bond acceptors (Lipinski definition) is 5. The van der Waals surface area contributed by atoms with Crippen LogP contribution >= 0.6 is 0 Å². The van der Waals surface area contributed by atoms with Gasteiger partial charge in [0.1, 0.15) is 0 Å². The third kappa shape index (κ3) is 3.31. The Kier molecular flexibility index (Phi) is 4.85. The standard InChI is InChI=1S/C21H15F3N6O2/c1-11-16(18(26)31)17(13-7-5-12(10-25)6-8-13)30-19(27-28-20(30)32)29(11)15-4-2-3-14(9-15)21(22,23)24/h2-9,17H,1H3,(H2,26,31)(H,28,32). The summed E-state index contributed by atoms with van der Waals surface area (Å²) in [5.41, 5.74) is 5.19. The van der Waals surface area contributed by atoms with E-state index in [9.17, 15) is 22.8 Å². The molecule has 0 fully saturated rings. The molecule has 0 spiro atoms. The Bertz CT molecular complexity index is 1350. The number of hydrogen-bond donors (Lipinski definition) is 2. The molecule has 1 aliphatic heterocycles. The lowest BCUT2D eigenvalue weighted by molar-refractivity contribution is -0.137. The largest absolute Gasteiger partial charge is 0.416 e. The van der Waals surface area contributed by atoms with Crippen molar-refractivity contribution < 1.29 is 18.0 Å². The second-order valence-electron chi connectivity index (χ2n) is 7.08. The fourth-order valence-corrected chi connectivity index (χ4v) is 3.78. The van der Waals surface area contributed by atoms with Crippen molar-refractivity contribution in [2.75, 3.05) is 4.90 Å². The maximum absolute atomic E-state index is 13.3. The zero-order valence-corrected chi connectivity index (χ0v) is 16.5. The molecule has 1 aromatic heterocycles. The van der Waals surface area contributed by atoms with Crippen LogP contribution in [-0.4, -0.2) is 20.7 Å². The molecule has 0 saturated heterocycles. The van der Waals surface area contributed by atoms with Gasteiger partial charge in [0.2, 0.25) is 11.9 Å². The van der Waals surface area contributed by atoms with Crippen LogP contribution < -0.4 is 16.3 Å². The predicted molar refractivity (Wildman–Crippen MR) is 108 cm³/mol. The van der Waals surface area contributed by atoms with E-state index in [0.29, 0.717) is 11.1 Å². The number of H-pyrrole nitrogens is 1. The first-order valence-electron chi connectivity index (χ1n) is 9.28. The zero-order valence-electron chi connectivity index (χ0n) is 16.5. The number of amides is 1. The Morgan fingerprint density at radius 2 is 1.91 bits per heavy atom. The highest BCUT2D eigenvalue weighted by molar-refractivity contribution is 5.96. The third-order valence-electron chi connectivity index (χ3n) is 5.20. The molecule has 0 bridgehead atoms. The highest BCUT2D eigenvalue weighted by atomic mass is 19.4. The second-order valence-corrected chi connectivity index (χ2v) is 7.08. The molecular weight excluding hydrogens is 425 g/mol. The Morgan fingerprint density at radius 3 is 2.50 bits per heavy atom. The molecule has 1 aliphatic rings. The maximum Gasteiger partial charge on any atom is 0.416 e. The minimum atomic E-state index is -4.59. The fraction of sp³-hybridized carbons (Fsp3) is 0.143. The van der Waals surface area contributed by atoms with Crippen molar-refractivity contribution in [3.05, 3.63) is 87.0 Å². The first-order valence-corrected chi connectivity index (χ1v) is 9.28. The number of primary amides is 1. The summed E-state index contributed by atoms with van der Waals surface area (Å²) in [5, 5.41) is 15.3. The molecule has 1 atom stereocenters. The molecule has 4 rings (SSSR count). The van der Waals surface area contributed by atoms with Gasteiger partial charge in [0.05, 0.1) is 28.8 Å². The van der Waals surface area contributed by atoms with Gasteiger partial charge in [-0.3, -0.25) is 9.69 Å². The molecule has 0 radical (unpaired) electrons. The summed E-state index contributed by atoms with van der Waals surface area (Å²) < 4.78 is 41.0. The number of alkyl halides is 3. The van der Waals surface area contributed by atoms with Gasteiger partial charge in [0.25, 0.3) is 0 Å². The monoisotopic (exact) mass is 440 g/mol. The Morgan fingerprint density at radius 1 is 1.22 bits per heavy atom. The van der Waals surface area contributed by atoms with Crippen LogP contribution in [0.5, 0.6) is 0 Å². The number of carbonyl (C=O) groups excluding carboxylic acids is 1. The van der Waals surface area contributed by atoms with E-state index < -0.39 is 29.4 Å². The average molecular weight is 440 g/mol. The SMILES string of the molecule is CC1=C(C(N)=O)C(c2ccc(C#N)cc2)n2c(n[nH]c2=O)N1c1cccc(C(F)(F)F)c1. The minimum absolute atomic E-state index is 0.00289. The van der Waals surface area contributed by atoms with Gasteiger partial charge in [0.15, 0.2) is 0 Å². The molecular formula is C21H15F3N6O2. The number of anilines is 2. The fourth-order valence-electron chi connectivity index (χ4n) is 3.78. The highest BCUT2D eigenvalue weighted by Gasteiger charge is 2.39. The summed E-state index contributed by atoms with van der Waals surface area (Å²) in [7, 11) is 0. The average Bonchev–Trinajstić information content (AvgIpc) is 3.13. The molecule has 32 heavy (non-hydrogen) atoms. The lowest BCUT2D eigenvalue weighted by atomic mass is 9.93. The van der Waals surface area contributed by atoms with Crippen LogP contribution in [0.25, 0.3) is 0 Å². The van der Waals surface area contributed by atoms with E-state index in [2.05, 4.69) is 10.2 Å². The summed E-state index contributed by atoms with van der Waals surface area (Å²) in [6, 6.07) is 11.6. The van der Waals surface area contributed by atoms with Crippen LogP contribution in [0.4, 0.5) is 24.8 Å². The Labute approximate surface area is 179 Å². The van der Waals surface area contributed by atoms with Gasteiger partial charge in [-0.2, -0.15) is 18.4 Å². The smallest absolute Gasteiger partial charge is 0.366 e. The third-order valence-corrected chi connectivity index (χ3v) is 5.20. The summed E-state index contributed by atoms with van der Waals surface area (Å²) in [6.45, 7) is 1.51. The molecule has 2 heterocycles. The van der Waals surface area contributed by atoms with Gasteiger partial charge in [-0.15, -0.1) is 5.10 Å². The quantitative estimate of drug-likeness (QED) is 0.649. The van der Waals surface area contributed by atoms with Gasteiger partial charge in [0, 0.05) is 11.4 Å². The highest BCUT2D eigenvalue weighted by Crippen LogP contribution is 2.42. The first kappa shape index (κ1) is 20.9. The number of benzene rings is 2. The lowest BCUT2D eigenvalue weighted by Gasteiger charge is -2.35. The topological polar surface area (TPSA) is 121 Å². The van der Waals surface area contributed by atoms with Gasteiger partial charge in [-0.05, 0) is 42.8 Å². The van der Waals surface area contributed by atoms with Crippen molar-refractivity contribution in [1.29, 1.82) is 5.26 Å². The van der Waals surface area contributed by atoms with Crippen LogP contribution in [0.1, 0.15) is 29.7 Å². The number of halogens is 3. The second kappa shape index (κ2) is 7.42. The van der Waals surface area contributed by atoms with E-state index >= 15 is 0 Å². The van der Waals surface area contributed by atoms with E-state index in [0.717, 1.165) is 16.7 Å². The van der Waals surface area contributed by atoms with Crippen LogP contribution in [0.15, 0.2) is 64.6 Å². The molecule has 2 aromatic carbocycles. The molecule has 11 heteroatoms.